The molecule has 0 bridgehead atoms. The van der Waals surface area contributed by atoms with Crippen molar-refractivity contribution >= 4 is 17.2 Å². The van der Waals surface area contributed by atoms with Crippen molar-refractivity contribution in [1.82, 2.24) is 5.32 Å². The van der Waals surface area contributed by atoms with Gasteiger partial charge in [0.2, 0.25) is 5.91 Å². The summed E-state index contributed by atoms with van der Waals surface area (Å²) in [5.74, 6) is 0.00481. The van der Waals surface area contributed by atoms with Gasteiger partial charge in [0.05, 0.1) is 13.0 Å². The molecule has 1 amide bonds. The summed E-state index contributed by atoms with van der Waals surface area (Å²) in [5, 5.41) is 14.0. The van der Waals surface area contributed by atoms with E-state index in [1.807, 2.05) is 41.8 Å². The second kappa shape index (κ2) is 6.33. The summed E-state index contributed by atoms with van der Waals surface area (Å²) in [6.07, 6.45) is 0.416. The summed E-state index contributed by atoms with van der Waals surface area (Å²) in [4.78, 5) is 12.8. The Morgan fingerprint density at radius 1 is 1.17 bits per heavy atom. The van der Waals surface area contributed by atoms with Crippen LogP contribution in [0.15, 0.2) is 41.8 Å². The molecular weight excluding hydrogens is 246 g/mol. The lowest BCUT2D eigenvalue weighted by Crippen LogP contribution is -2.24. The first-order chi connectivity index (χ1) is 8.79. The van der Waals surface area contributed by atoms with Crippen LogP contribution in [0.4, 0.5) is 0 Å². The van der Waals surface area contributed by atoms with Gasteiger partial charge in [0.25, 0.3) is 0 Å². The van der Waals surface area contributed by atoms with Gasteiger partial charge in [-0.2, -0.15) is 0 Å². The lowest BCUT2D eigenvalue weighted by Gasteiger charge is -2.08. The molecule has 0 saturated carbocycles. The topological polar surface area (TPSA) is 49.3 Å². The highest BCUT2D eigenvalue weighted by Gasteiger charge is 2.05. The van der Waals surface area contributed by atoms with Crippen molar-refractivity contribution in [3.8, 4) is 0 Å². The van der Waals surface area contributed by atoms with Gasteiger partial charge in [-0.25, -0.2) is 0 Å². The first-order valence-corrected chi connectivity index (χ1v) is 6.64. The molecule has 0 saturated heterocycles. The summed E-state index contributed by atoms with van der Waals surface area (Å²) < 4.78 is 0. The van der Waals surface area contributed by atoms with Crippen LogP contribution in [0.5, 0.6) is 0 Å². The molecule has 2 aromatic rings. The molecule has 0 unspecified atom stereocenters. The first kappa shape index (κ1) is 12.8. The Labute approximate surface area is 110 Å². The Hall–Kier alpha value is -1.65. The van der Waals surface area contributed by atoms with Crippen molar-refractivity contribution in [3.05, 3.63) is 57.8 Å². The van der Waals surface area contributed by atoms with Crippen molar-refractivity contribution < 1.29 is 9.90 Å². The average molecular weight is 261 g/mol. The molecule has 3 nitrogen and oxygen atoms in total. The molecule has 18 heavy (non-hydrogen) atoms. The molecule has 2 rings (SSSR count). The summed E-state index contributed by atoms with van der Waals surface area (Å²) >= 11 is 1.58. The van der Waals surface area contributed by atoms with Crippen molar-refractivity contribution in [1.29, 1.82) is 0 Å². The van der Waals surface area contributed by atoms with E-state index in [0.717, 1.165) is 16.0 Å². The van der Waals surface area contributed by atoms with E-state index in [9.17, 15) is 9.90 Å². The van der Waals surface area contributed by atoms with Crippen molar-refractivity contribution in [2.45, 2.75) is 19.6 Å². The fourth-order valence-corrected chi connectivity index (χ4v) is 2.42. The monoisotopic (exact) mass is 261 g/mol. The molecule has 0 fully saturated rings. The smallest absolute Gasteiger partial charge is 0.225 e. The Morgan fingerprint density at radius 3 is 2.61 bits per heavy atom. The number of thiophene rings is 1. The number of aliphatic hydroxyl groups is 1. The fourth-order valence-electron chi connectivity index (χ4n) is 1.71. The molecule has 0 aliphatic rings. The van der Waals surface area contributed by atoms with E-state index in [-0.39, 0.29) is 12.5 Å². The summed E-state index contributed by atoms with van der Waals surface area (Å²) in [7, 11) is 0. The lowest BCUT2D eigenvalue weighted by molar-refractivity contribution is -0.120. The van der Waals surface area contributed by atoms with Gasteiger partial charge in [0, 0.05) is 11.4 Å². The maximum Gasteiger partial charge on any atom is 0.225 e. The number of aliphatic hydroxyl groups excluding tert-OH is 1. The molecule has 4 heteroatoms. The number of nitrogens with one attached hydrogen (secondary N) is 1. The van der Waals surface area contributed by atoms with E-state index in [1.165, 1.54) is 0 Å². The predicted molar refractivity (Wildman–Crippen MR) is 72.2 cm³/mol. The maximum atomic E-state index is 11.7. The molecular formula is C14H15NO2S. The van der Waals surface area contributed by atoms with Crippen LogP contribution in [-0.2, 0) is 24.4 Å². The van der Waals surface area contributed by atoms with E-state index in [0.29, 0.717) is 13.0 Å². The quantitative estimate of drug-likeness (QED) is 0.866. The molecule has 0 aliphatic carbocycles. The van der Waals surface area contributed by atoms with Gasteiger partial charge in [-0.3, -0.25) is 4.79 Å². The zero-order valence-corrected chi connectivity index (χ0v) is 10.7. The van der Waals surface area contributed by atoms with Crippen molar-refractivity contribution in [2.75, 3.05) is 0 Å². The van der Waals surface area contributed by atoms with Crippen LogP contribution in [0, 0.1) is 0 Å². The summed E-state index contributed by atoms with van der Waals surface area (Å²) in [5.41, 5.74) is 1.81. The molecule has 1 aromatic carbocycles. The molecule has 0 radical (unpaired) electrons. The van der Waals surface area contributed by atoms with Gasteiger partial charge < -0.3 is 10.4 Å². The van der Waals surface area contributed by atoms with Crippen LogP contribution in [0.1, 0.15) is 16.0 Å². The third kappa shape index (κ3) is 3.42. The highest BCUT2D eigenvalue weighted by Crippen LogP contribution is 2.10. The standard InChI is InChI=1S/C14H15NO2S/c16-10-12-5-2-1-4-11(12)9-15-14(17)8-13-6-3-7-18-13/h1-7,16H,8-10H2,(H,15,17). The normalized spacial score (nSPS) is 10.3. The van der Waals surface area contributed by atoms with Gasteiger partial charge >= 0.3 is 0 Å². The van der Waals surface area contributed by atoms with E-state index < -0.39 is 0 Å². The van der Waals surface area contributed by atoms with Gasteiger partial charge in [-0.1, -0.05) is 30.3 Å². The van der Waals surface area contributed by atoms with Crippen LogP contribution in [0.25, 0.3) is 0 Å². The van der Waals surface area contributed by atoms with E-state index in [4.69, 9.17) is 0 Å². The third-order valence-corrected chi connectivity index (χ3v) is 3.56. The predicted octanol–water partition coefficient (Wildman–Crippen LogP) is 2.10. The zero-order valence-electron chi connectivity index (χ0n) is 9.93. The SMILES string of the molecule is O=C(Cc1cccs1)NCc1ccccc1CO. The Morgan fingerprint density at radius 2 is 1.94 bits per heavy atom. The highest BCUT2D eigenvalue weighted by molar-refractivity contribution is 7.10. The van der Waals surface area contributed by atoms with E-state index in [2.05, 4.69) is 5.32 Å². The number of hydrogen-bond donors (Lipinski definition) is 2. The number of carbonyl (C=O) groups is 1. The zero-order chi connectivity index (χ0) is 12.8. The molecule has 0 spiro atoms. The van der Waals surface area contributed by atoms with Gasteiger partial charge in [-0.05, 0) is 22.6 Å². The molecule has 2 N–H and O–H groups in total. The molecule has 1 heterocycles. The second-order valence-electron chi connectivity index (χ2n) is 3.96. The van der Waals surface area contributed by atoms with Crippen molar-refractivity contribution in [3.63, 3.8) is 0 Å². The van der Waals surface area contributed by atoms with Gasteiger partial charge in [-0.15, -0.1) is 11.3 Å². The molecule has 0 aliphatic heterocycles. The van der Waals surface area contributed by atoms with Crippen LogP contribution >= 0.6 is 11.3 Å². The Balaban J connectivity index is 1.89. The van der Waals surface area contributed by atoms with Gasteiger partial charge in [0.1, 0.15) is 0 Å². The van der Waals surface area contributed by atoms with E-state index >= 15 is 0 Å². The van der Waals surface area contributed by atoms with E-state index in [1.54, 1.807) is 11.3 Å². The second-order valence-corrected chi connectivity index (χ2v) is 4.99. The number of benzene rings is 1. The number of amides is 1. The fraction of sp³-hybridized carbons (Fsp3) is 0.214. The third-order valence-electron chi connectivity index (χ3n) is 2.68. The minimum absolute atomic E-state index is 0.00301. The Bertz CT molecular complexity index is 508. The molecule has 1 aromatic heterocycles. The largest absolute Gasteiger partial charge is 0.392 e. The average Bonchev–Trinajstić information content (AvgIpc) is 2.89. The van der Waals surface area contributed by atoms with Crippen molar-refractivity contribution in [2.24, 2.45) is 0 Å². The summed E-state index contributed by atoms with van der Waals surface area (Å²) in [6.45, 7) is 0.456. The lowest BCUT2D eigenvalue weighted by atomic mass is 10.1. The van der Waals surface area contributed by atoms with Crippen LogP contribution < -0.4 is 5.32 Å². The van der Waals surface area contributed by atoms with Crippen LogP contribution in [0.3, 0.4) is 0 Å². The minimum atomic E-state index is -0.00301. The van der Waals surface area contributed by atoms with Crippen LogP contribution in [0.2, 0.25) is 0 Å². The molecule has 0 atom stereocenters. The highest BCUT2D eigenvalue weighted by atomic mass is 32.1. The number of rotatable bonds is 5. The number of hydrogen-bond acceptors (Lipinski definition) is 3. The first-order valence-electron chi connectivity index (χ1n) is 5.76. The Kier molecular flexibility index (Phi) is 4.50. The maximum absolute atomic E-state index is 11.7. The van der Waals surface area contributed by atoms with Crippen LogP contribution in [-0.4, -0.2) is 11.0 Å². The minimum Gasteiger partial charge on any atom is -0.392 e. The summed E-state index contributed by atoms with van der Waals surface area (Å²) in [6, 6.07) is 11.4. The molecule has 94 valence electrons. The van der Waals surface area contributed by atoms with Gasteiger partial charge in [0.15, 0.2) is 0 Å². The number of carbonyl (C=O) groups excluding carboxylic acids is 1.